The molecular weight excluding hydrogens is 452 g/mol. The summed E-state index contributed by atoms with van der Waals surface area (Å²) in [7, 11) is -2.97. The molecule has 1 aliphatic heterocycles. The summed E-state index contributed by atoms with van der Waals surface area (Å²) in [6.07, 6.45) is 11.4. The number of carbonyl (C=O) groups is 2. The third-order valence-corrected chi connectivity index (χ3v) is 11.5. The van der Waals surface area contributed by atoms with E-state index in [0.29, 0.717) is 18.4 Å². The maximum Gasteiger partial charge on any atom is 0.410 e. The van der Waals surface area contributed by atoms with Crippen LogP contribution >= 0.6 is 0 Å². The van der Waals surface area contributed by atoms with Crippen LogP contribution in [0.3, 0.4) is 0 Å². The number of piperazine rings is 1. The highest BCUT2D eigenvalue weighted by Gasteiger charge is 2.48. The average Bonchev–Trinajstić information content (AvgIpc) is 2.83. The van der Waals surface area contributed by atoms with Gasteiger partial charge in [-0.1, -0.05) is 13.3 Å². The highest BCUT2D eigenvalue weighted by atomic mass is 32.2. The Morgan fingerprint density at radius 3 is 2.15 bits per heavy atom. The molecule has 0 aromatic heterocycles. The third kappa shape index (κ3) is 5.41. The van der Waals surface area contributed by atoms with Crippen LogP contribution < -0.4 is 0 Å². The van der Waals surface area contributed by atoms with Crippen molar-refractivity contribution in [2.75, 3.05) is 12.3 Å². The van der Waals surface area contributed by atoms with E-state index in [1.54, 1.807) is 13.8 Å². The summed E-state index contributed by atoms with van der Waals surface area (Å²) in [6.45, 7) is 5.96. The molecule has 7 nitrogen and oxygen atoms in total. The van der Waals surface area contributed by atoms with Crippen molar-refractivity contribution in [2.24, 2.45) is 11.8 Å². The molecule has 1 heterocycles. The van der Waals surface area contributed by atoms with E-state index in [-0.39, 0.29) is 47.2 Å². The molecule has 34 heavy (non-hydrogen) atoms. The molecule has 0 bridgehead atoms. The summed E-state index contributed by atoms with van der Waals surface area (Å²) in [4.78, 5) is 29.8. The van der Waals surface area contributed by atoms with Crippen LogP contribution in [0.15, 0.2) is 0 Å². The van der Waals surface area contributed by atoms with Crippen LogP contribution in [0, 0.1) is 11.8 Å². The maximum atomic E-state index is 13.3. The van der Waals surface area contributed by atoms with Gasteiger partial charge in [0.25, 0.3) is 0 Å². The summed E-state index contributed by atoms with van der Waals surface area (Å²) in [5.74, 6) is 1.29. The number of sulfone groups is 1. The summed E-state index contributed by atoms with van der Waals surface area (Å²) >= 11 is 0. The van der Waals surface area contributed by atoms with Crippen LogP contribution in [0.4, 0.5) is 4.79 Å². The molecule has 4 fully saturated rings. The molecule has 0 spiro atoms. The second-order valence-corrected chi connectivity index (χ2v) is 13.8. The van der Waals surface area contributed by atoms with Gasteiger partial charge >= 0.3 is 6.09 Å². The number of nitrogens with zero attached hydrogens (tertiary/aromatic N) is 2. The molecule has 2 amide bonds. The second-order valence-electron chi connectivity index (χ2n) is 11.3. The SMILES string of the molecule is CCS(=O)(=O)C1CCC(C2CCC3C(C2)N(C(=O)OC2CCCCC2)C[C@H](C)N3C(C)=O)CC1. The summed E-state index contributed by atoms with van der Waals surface area (Å²) in [6, 6.07) is 0.0316. The Hall–Kier alpha value is -1.31. The van der Waals surface area contributed by atoms with Crippen LogP contribution in [-0.4, -0.2) is 72.0 Å². The van der Waals surface area contributed by atoms with Crippen molar-refractivity contribution in [1.29, 1.82) is 0 Å². The molecule has 4 rings (SSSR count). The number of ether oxygens (including phenoxy) is 1. The quantitative estimate of drug-likeness (QED) is 0.571. The van der Waals surface area contributed by atoms with E-state index in [1.165, 1.54) is 6.42 Å². The zero-order valence-electron chi connectivity index (χ0n) is 21.3. The lowest BCUT2D eigenvalue weighted by Gasteiger charge is -2.54. The molecule has 3 unspecified atom stereocenters. The number of amides is 2. The maximum absolute atomic E-state index is 13.3. The van der Waals surface area contributed by atoms with Gasteiger partial charge < -0.3 is 14.5 Å². The lowest BCUT2D eigenvalue weighted by atomic mass is 9.69. The van der Waals surface area contributed by atoms with Gasteiger partial charge in [0.2, 0.25) is 5.91 Å². The Kier molecular flexibility index (Phi) is 8.15. The van der Waals surface area contributed by atoms with E-state index in [0.717, 1.165) is 70.6 Å². The van der Waals surface area contributed by atoms with Crippen molar-refractivity contribution < 1.29 is 22.7 Å². The first kappa shape index (κ1) is 25.8. The van der Waals surface area contributed by atoms with Gasteiger partial charge in [-0.05, 0) is 89.4 Å². The zero-order valence-corrected chi connectivity index (χ0v) is 22.1. The van der Waals surface area contributed by atoms with Crippen molar-refractivity contribution >= 4 is 21.8 Å². The number of carbonyl (C=O) groups excluding carboxylic acids is 2. The van der Waals surface area contributed by atoms with E-state index in [1.807, 2.05) is 16.7 Å². The molecule has 0 radical (unpaired) electrons. The predicted molar refractivity (Wildman–Crippen MR) is 132 cm³/mol. The number of hydrogen-bond acceptors (Lipinski definition) is 5. The summed E-state index contributed by atoms with van der Waals surface area (Å²) in [5, 5.41) is -0.184. The molecule has 194 valence electrons. The van der Waals surface area contributed by atoms with Crippen molar-refractivity contribution in [3.05, 3.63) is 0 Å². The molecule has 3 saturated carbocycles. The minimum absolute atomic E-state index is 0.00737. The Bertz CT molecular complexity index is 832. The van der Waals surface area contributed by atoms with Crippen LogP contribution in [0.25, 0.3) is 0 Å². The highest BCUT2D eigenvalue weighted by molar-refractivity contribution is 7.92. The predicted octanol–water partition coefficient (Wildman–Crippen LogP) is 4.54. The molecule has 3 aliphatic carbocycles. The summed E-state index contributed by atoms with van der Waals surface area (Å²) in [5.41, 5.74) is 0. The largest absolute Gasteiger partial charge is 0.446 e. The van der Waals surface area contributed by atoms with Crippen molar-refractivity contribution in [3.8, 4) is 0 Å². The monoisotopic (exact) mass is 496 g/mol. The van der Waals surface area contributed by atoms with E-state index in [2.05, 4.69) is 0 Å². The fourth-order valence-corrected chi connectivity index (χ4v) is 8.85. The highest BCUT2D eigenvalue weighted by Crippen LogP contribution is 2.44. The van der Waals surface area contributed by atoms with Crippen LogP contribution in [0.1, 0.15) is 97.8 Å². The van der Waals surface area contributed by atoms with E-state index >= 15 is 0 Å². The van der Waals surface area contributed by atoms with Gasteiger partial charge in [0.15, 0.2) is 9.84 Å². The van der Waals surface area contributed by atoms with Crippen molar-refractivity contribution in [2.45, 2.75) is 127 Å². The normalized spacial score (nSPS) is 35.5. The Morgan fingerprint density at radius 2 is 1.53 bits per heavy atom. The van der Waals surface area contributed by atoms with Crippen LogP contribution in [-0.2, 0) is 19.4 Å². The molecule has 4 aliphatic rings. The van der Waals surface area contributed by atoms with Crippen molar-refractivity contribution in [3.63, 3.8) is 0 Å². The third-order valence-electron chi connectivity index (χ3n) is 9.23. The van der Waals surface area contributed by atoms with Gasteiger partial charge in [0.1, 0.15) is 6.10 Å². The van der Waals surface area contributed by atoms with Crippen LogP contribution in [0.5, 0.6) is 0 Å². The van der Waals surface area contributed by atoms with E-state index < -0.39 is 9.84 Å². The first-order valence-corrected chi connectivity index (χ1v) is 15.4. The van der Waals surface area contributed by atoms with Gasteiger partial charge in [-0.15, -0.1) is 0 Å². The van der Waals surface area contributed by atoms with Gasteiger partial charge in [-0.25, -0.2) is 13.2 Å². The summed E-state index contributed by atoms with van der Waals surface area (Å²) < 4.78 is 30.7. The molecule has 0 aromatic carbocycles. The van der Waals surface area contributed by atoms with Gasteiger partial charge in [-0.3, -0.25) is 4.79 Å². The zero-order chi connectivity index (χ0) is 24.5. The van der Waals surface area contributed by atoms with Crippen LogP contribution in [0.2, 0.25) is 0 Å². The minimum atomic E-state index is -2.97. The molecule has 0 N–H and O–H groups in total. The first-order chi connectivity index (χ1) is 16.2. The average molecular weight is 497 g/mol. The number of fused-ring (bicyclic) bond motifs is 1. The Balaban J connectivity index is 1.46. The molecule has 1 saturated heterocycles. The van der Waals surface area contributed by atoms with E-state index in [9.17, 15) is 18.0 Å². The molecule has 0 aromatic rings. The smallest absolute Gasteiger partial charge is 0.410 e. The van der Waals surface area contributed by atoms with Gasteiger partial charge in [-0.2, -0.15) is 0 Å². The Labute approximate surface area is 205 Å². The van der Waals surface area contributed by atoms with Crippen molar-refractivity contribution in [1.82, 2.24) is 9.80 Å². The fraction of sp³-hybridized carbons (Fsp3) is 0.923. The number of hydrogen-bond donors (Lipinski definition) is 0. The lowest BCUT2D eigenvalue weighted by molar-refractivity contribution is -0.143. The first-order valence-electron chi connectivity index (χ1n) is 13.7. The molecule has 4 atom stereocenters. The van der Waals surface area contributed by atoms with Gasteiger partial charge in [0, 0.05) is 25.3 Å². The Morgan fingerprint density at radius 1 is 0.882 bits per heavy atom. The van der Waals surface area contributed by atoms with Gasteiger partial charge in [0.05, 0.1) is 17.3 Å². The molecular formula is C26H44N2O5S. The second kappa shape index (κ2) is 10.8. The fourth-order valence-electron chi connectivity index (χ4n) is 7.39. The minimum Gasteiger partial charge on any atom is -0.446 e. The topological polar surface area (TPSA) is 84.0 Å². The van der Waals surface area contributed by atoms with E-state index in [4.69, 9.17) is 4.74 Å². The number of rotatable bonds is 4. The standard InChI is InChI=1S/C26H44N2O5S/c1-4-34(31,32)23-13-10-20(11-14-23)21-12-15-24-25(16-21)27(17-18(2)28(24)19(3)29)26(30)33-22-8-6-5-7-9-22/h18,20-25H,4-17H2,1-3H3/t18-,20?,21?,23?,24?,25?/m0/s1. The lowest BCUT2D eigenvalue weighted by Crippen LogP contribution is -2.67. The molecule has 8 heteroatoms.